The quantitative estimate of drug-likeness (QED) is 0.865. The third kappa shape index (κ3) is 4.75. The lowest BCUT2D eigenvalue weighted by Gasteiger charge is -2.30. The van der Waals surface area contributed by atoms with Gasteiger partial charge in [0.25, 0.3) is 5.91 Å². The van der Waals surface area contributed by atoms with Crippen LogP contribution in [-0.4, -0.2) is 40.7 Å². The zero-order chi connectivity index (χ0) is 16.4. The Morgan fingerprint density at radius 1 is 1.29 bits per heavy atom. The number of aliphatic hydroxyl groups is 1. The fourth-order valence-electron chi connectivity index (χ4n) is 2.03. The van der Waals surface area contributed by atoms with Crippen molar-refractivity contribution in [2.24, 2.45) is 5.41 Å². The van der Waals surface area contributed by atoms with Crippen LogP contribution < -0.4 is 0 Å². The number of aliphatic hydroxyl groups excluding tert-OH is 1. The van der Waals surface area contributed by atoms with Crippen molar-refractivity contribution in [2.45, 2.75) is 59.6 Å². The highest BCUT2D eigenvalue weighted by Crippen LogP contribution is 2.28. The average Bonchev–Trinajstić information content (AvgIpc) is 2.53. The molecule has 1 heterocycles. The van der Waals surface area contributed by atoms with Crippen LogP contribution in [0.25, 0.3) is 0 Å². The Balaban J connectivity index is 2.89. The van der Waals surface area contributed by atoms with Gasteiger partial charge in [-0.25, -0.2) is 0 Å². The highest BCUT2D eigenvalue weighted by molar-refractivity contribution is 6.00. The fraction of sp³-hybridized carbons (Fsp3) is 0.750. The van der Waals surface area contributed by atoms with Gasteiger partial charge in [-0.05, 0) is 32.6 Å². The second kappa shape index (κ2) is 6.07. The number of nitriles is 1. The third-order valence-corrected chi connectivity index (χ3v) is 3.31. The molecule has 0 aromatic heterocycles. The van der Waals surface area contributed by atoms with Crippen LogP contribution in [0.5, 0.6) is 0 Å². The summed E-state index contributed by atoms with van der Waals surface area (Å²) in [6.07, 6.45) is 0.788. The number of hydrogen-bond acceptors (Lipinski definition) is 4. The van der Waals surface area contributed by atoms with Crippen molar-refractivity contribution >= 4 is 5.91 Å². The number of hydrogen-bond donors (Lipinski definition) is 1. The standard InChI is InChI=1S/C16H26N2O3/c1-15(2,3)7-8-18-12(10-21-16(4,5)6)13(19)11(9-17)14(18)20/h12,19H,7-8,10H2,1-6H3. The molecule has 0 spiro atoms. The lowest BCUT2D eigenvalue weighted by molar-refractivity contribution is -0.129. The number of ether oxygens (including phenoxy) is 1. The summed E-state index contributed by atoms with van der Waals surface area (Å²) in [5, 5.41) is 19.2. The van der Waals surface area contributed by atoms with Crippen molar-refractivity contribution in [3.05, 3.63) is 11.3 Å². The van der Waals surface area contributed by atoms with Gasteiger partial charge in [-0.1, -0.05) is 20.8 Å². The zero-order valence-electron chi connectivity index (χ0n) is 13.9. The number of carbonyl (C=O) groups excluding carboxylic acids is 1. The van der Waals surface area contributed by atoms with E-state index in [1.807, 2.05) is 20.8 Å². The predicted octanol–water partition coefficient (Wildman–Crippen LogP) is 2.78. The molecule has 1 rings (SSSR count). The van der Waals surface area contributed by atoms with Crippen LogP contribution in [0.4, 0.5) is 0 Å². The maximum atomic E-state index is 12.2. The van der Waals surface area contributed by atoms with Gasteiger partial charge in [0.2, 0.25) is 0 Å². The highest BCUT2D eigenvalue weighted by Gasteiger charge is 2.40. The molecule has 0 fully saturated rings. The van der Waals surface area contributed by atoms with Crippen LogP contribution in [0.15, 0.2) is 11.3 Å². The maximum absolute atomic E-state index is 12.2. The first kappa shape index (κ1) is 17.5. The lowest BCUT2D eigenvalue weighted by Crippen LogP contribution is -2.42. The first-order valence-electron chi connectivity index (χ1n) is 7.24. The molecule has 0 aliphatic carbocycles. The van der Waals surface area contributed by atoms with E-state index < -0.39 is 11.9 Å². The zero-order valence-corrected chi connectivity index (χ0v) is 13.9. The molecule has 1 aliphatic heterocycles. The molecular formula is C16H26N2O3. The van der Waals surface area contributed by atoms with Gasteiger partial charge in [-0.3, -0.25) is 4.79 Å². The Labute approximate surface area is 127 Å². The van der Waals surface area contributed by atoms with Crippen molar-refractivity contribution in [3.63, 3.8) is 0 Å². The van der Waals surface area contributed by atoms with E-state index in [-0.39, 0.29) is 29.0 Å². The maximum Gasteiger partial charge on any atom is 0.268 e. The molecule has 1 atom stereocenters. The molecule has 0 aromatic carbocycles. The fourth-order valence-corrected chi connectivity index (χ4v) is 2.03. The van der Waals surface area contributed by atoms with E-state index in [0.717, 1.165) is 6.42 Å². The van der Waals surface area contributed by atoms with Crippen molar-refractivity contribution in [3.8, 4) is 6.07 Å². The van der Waals surface area contributed by atoms with E-state index in [2.05, 4.69) is 20.8 Å². The van der Waals surface area contributed by atoms with E-state index in [1.54, 1.807) is 11.0 Å². The van der Waals surface area contributed by atoms with E-state index in [0.29, 0.717) is 6.54 Å². The second-order valence-electron chi connectivity index (χ2n) is 7.62. The smallest absolute Gasteiger partial charge is 0.268 e. The number of nitrogens with zero attached hydrogens (tertiary/aromatic N) is 2. The largest absolute Gasteiger partial charge is 0.508 e. The minimum atomic E-state index is -0.561. The van der Waals surface area contributed by atoms with Crippen molar-refractivity contribution in [1.29, 1.82) is 5.26 Å². The summed E-state index contributed by atoms with van der Waals surface area (Å²) in [7, 11) is 0. The van der Waals surface area contributed by atoms with Crippen LogP contribution in [0, 0.1) is 16.7 Å². The average molecular weight is 294 g/mol. The molecule has 0 bridgehead atoms. The number of amides is 1. The lowest BCUT2D eigenvalue weighted by atomic mass is 9.92. The van der Waals surface area contributed by atoms with Crippen LogP contribution in [-0.2, 0) is 9.53 Å². The molecule has 1 amide bonds. The van der Waals surface area contributed by atoms with E-state index in [9.17, 15) is 9.90 Å². The molecule has 1 N–H and O–H groups in total. The Kier molecular flexibility index (Phi) is 5.06. The van der Waals surface area contributed by atoms with Crippen molar-refractivity contribution in [2.75, 3.05) is 13.2 Å². The monoisotopic (exact) mass is 294 g/mol. The van der Waals surface area contributed by atoms with Gasteiger partial charge in [0.15, 0.2) is 5.57 Å². The topological polar surface area (TPSA) is 73.6 Å². The summed E-state index contributed by atoms with van der Waals surface area (Å²) < 4.78 is 5.69. The van der Waals surface area contributed by atoms with E-state index >= 15 is 0 Å². The third-order valence-electron chi connectivity index (χ3n) is 3.31. The van der Waals surface area contributed by atoms with Crippen LogP contribution in [0.1, 0.15) is 48.0 Å². The summed E-state index contributed by atoms with van der Waals surface area (Å²) in [6, 6.07) is 1.24. The number of carbonyl (C=O) groups is 1. The van der Waals surface area contributed by atoms with Crippen molar-refractivity contribution < 1.29 is 14.6 Å². The summed E-state index contributed by atoms with van der Waals surface area (Å²) in [5.41, 5.74) is -0.457. The summed E-state index contributed by atoms with van der Waals surface area (Å²) in [6.45, 7) is 12.7. The first-order valence-corrected chi connectivity index (χ1v) is 7.24. The molecule has 1 unspecified atom stereocenters. The Morgan fingerprint density at radius 2 is 1.86 bits per heavy atom. The van der Waals surface area contributed by atoms with Gasteiger partial charge < -0.3 is 14.7 Å². The normalized spacial score (nSPS) is 20.1. The summed E-state index contributed by atoms with van der Waals surface area (Å²) >= 11 is 0. The molecule has 0 aromatic rings. The Bertz CT molecular complexity index is 475. The number of rotatable bonds is 4. The van der Waals surface area contributed by atoms with Crippen LogP contribution >= 0.6 is 0 Å². The molecule has 5 nitrogen and oxygen atoms in total. The summed E-state index contributed by atoms with van der Waals surface area (Å²) in [5.74, 6) is -0.567. The van der Waals surface area contributed by atoms with Gasteiger partial charge in [-0.15, -0.1) is 0 Å². The minimum absolute atomic E-state index is 0.0702. The van der Waals surface area contributed by atoms with Crippen LogP contribution in [0.2, 0.25) is 0 Å². The van der Waals surface area contributed by atoms with Gasteiger partial charge in [0.05, 0.1) is 12.2 Å². The van der Waals surface area contributed by atoms with E-state index in [4.69, 9.17) is 10.00 Å². The molecule has 21 heavy (non-hydrogen) atoms. The van der Waals surface area contributed by atoms with Crippen LogP contribution in [0.3, 0.4) is 0 Å². The second-order valence-corrected chi connectivity index (χ2v) is 7.62. The molecule has 0 radical (unpaired) electrons. The Morgan fingerprint density at radius 3 is 2.29 bits per heavy atom. The SMILES string of the molecule is CC(C)(C)CCN1C(=O)C(C#N)=C(O)C1COC(C)(C)C. The highest BCUT2D eigenvalue weighted by atomic mass is 16.5. The Hall–Kier alpha value is -1.54. The molecule has 1 aliphatic rings. The predicted molar refractivity (Wildman–Crippen MR) is 80.5 cm³/mol. The first-order chi connectivity index (χ1) is 9.46. The van der Waals surface area contributed by atoms with Gasteiger partial charge in [0, 0.05) is 6.54 Å². The summed E-state index contributed by atoms with van der Waals surface area (Å²) in [4.78, 5) is 13.8. The molecule has 0 saturated carbocycles. The molecule has 5 heteroatoms. The minimum Gasteiger partial charge on any atom is -0.508 e. The van der Waals surface area contributed by atoms with Gasteiger partial charge >= 0.3 is 0 Å². The van der Waals surface area contributed by atoms with Crippen molar-refractivity contribution in [1.82, 2.24) is 4.90 Å². The van der Waals surface area contributed by atoms with Gasteiger partial charge in [-0.2, -0.15) is 5.26 Å². The van der Waals surface area contributed by atoms with E-state index in [1.165, 1.54) is 0 Å². The molecular weight excluding hydrogens is 268 g/mol. The van der Waals surface area contributed by atoms with Gasteiger partial charge in [0.1, 0.15) is 17.9 Å². The molecule has 0 saturated heterocycles. The molecule has 118 valence electrons.